The summed E-state index contributed by atoms with van der Waals surface area (Å²) in [5.41, 5.74) is 0.622. The first kappa shape index (κ1) is 19.4. The maximum absolute atomic E-state index is 12.9. The van der Waals surface area contributed by atoms with Gasteiger partial charge < -0.3 is 5.32 Å². The summed E-state index contributed by atoms with van der Waals surface area (Å²) < 4.78 is 0. The molecular weight excluding hydrogens is 387 g/mol. The number of rotatable bonds is 5. The summed E-state index contributed by atoms with van der Waals surface area (Å²) in [6.45, 7) is 3.24. The molecule has 140 valence electrons. The fourth-order valence-corrected chi connectivity index (χ4v) is 3.68. The lowest BCUT2D eigenvalue weighted by Crippen LogP contribution is -2.41. The molecule has 2 aromatic rings. The van der Waals surface area contributed by atoms with E-state index < -0.39 is 17.5 Å². The number of benzene rings is 2. The second kappa shape index (κ2) is 7.33. The molecule has 1 fully saturated rings. The molecule has 1 saturated heterocycles. The van der Waals surface area contributed by atoms with Gasteiger partial charge in [0.2, 0.25) is 0 Å². The number of urea groups is 1. The van der Waals surface area contributed by atoms with Crippen molar-refractivity contribution in [2.45, 2.75) is 25.8 Å². The van der Waals surface area contributed by atoms with E-state index in [0.717, 1.165) is 16.9 Å². The first-order valence-electron chi connectivity index (χ1n) is 8.48. The molecular formula is C20H18Cl2N2O3. The van der Waals surface area contributed by atoms with Gasteiger partial charge in [0.15, 0.2) is 5.78 Å². The van der Waals surface area contributed by atoms with Crippen molar-refractivity contribution in [3.8, 4) is 0 Å². The molecule has 1 aliphatic rings. The fourth-order valence-electron chi connectivity index (χ4n) is 3.08. The number of Topliss-reactive ketones (excluding diaryl/α,β-unsaturated/α-hetero) is 1. The Balaban J connectivity index is 1.84. The number of nitrogens with one attached hydrogen (secondary N) is 1. The number of carbonyl (C=O) groups is 3. The van der Waals surface area contributed by atoms with Crippen molar-refractivity contribution >= 4 is 40.9 Å². The van der Waals surface area contributed by atoms with E-state index >= 15 is 0 Å². The van der Waals surface area contributed by atoms with Crippen LogP contribution in [0.4, 0.5) is 4.79 Å². The largest absolute Gasteiger partial charge is 0.325 e. The van der Waals surface area contributed by atoms with E-state index in [4.69, 9.17) is 23.2 Å². The second-order valence-electron chi connectivity index (χ2n) is 6.54. The van der Waals surface area contributed by atoms with E-state index in [2.05, 4.69) is 5.32 Å². The zero-order valence-electron chi connectivity index (χ0n) is 14.9. The van der Waals surface area contributed by atoms with Crippen LogP contribution in [-0.2, 0) is 16.8 Å². The van der Waals surface area contributed by atoms with E-state index in [1.165, 1.54) is 6.07 Å². The van der Waals surface area contributed by atoms with Crippen molar-refractivity contribution in [2.75, 3.05) is 6.54 Å². The summed E-state index contributed by atoms with van der Waals surface area (Å²) in [7, 11) is 0. The molecule has 1 heterocycles. The van der Waals surface area contributed by atoms with Gasteiger partial charge in [-0.3, -0.25) is 14.5 Å². The Morgan fingerprint density at radius 1 is 1.11 bits per heavy atom. The minimum Gasteiger partial charge on any atom is -0.319 e. The van der Waals surface area contributed by atoms with Crippen molar-refractivity contribution in [1.29, 1.82) is 0 Å². The van der Waals surface area contributed by atoms with Crippen LogP contribution in [-0.4, -0.2) is 29.2 Å². The molecule has 1 N–H and O–H groups in total. The number of nitrogens with zero attached hydrogens (tertiary/aromatic N) is 1. The summed E-state index contributed by atoms with van der Waals surface area (Å²) in [5.74, 6) is -0.845. The smallest absolute Gasteiger partial charge is 0.319 e. The van der Waals surface area contributed by atoms with Gasteiger partial charge >= 0.3 is 6.03 Å². The van der Waals surface area contributed by atoms with Crippen LogP contribution >= 0.6 is 23.2 Å². The number of imide groups is 1. The van der Waals surface area contributed by atoms with Crippen LogP contribution in [0.15, 0.2) is 42.5 Å². The van der Waals surface area contributed by atoms with Gasteiger partial charge in [0.1, 0.15) is 5.54 Å². The quantitative estimate of drug-likeness (QED) is 0.599. The van der Waals surface area contributed by atoms with Gasteiger partial charge in [-0.15, -0.1) is 0 Å². The van der Waals surface area contributed by atoms with Gasteiger partial charge in [-0.2, -0.15) is 0 Å². The Morgan fingerprint density at radius 2 is 1.78 bits per heavy atom. The topological polar surface area (TPSA) is 66.5 Å². The van der Waals surface area contributed by atoms with Crippen LogP contribution in [0, 0.1) is 0 Å². The lowest BCUT2D eigenvalue weighted by atomic mass is 9.92. The van der Waals surface area contributed by atoms with Crippen molar-refractivity contribution in [3.63, 3.8) is 0 Å². The number of carbonyl (C=O) groups excluding carboxylic acids is 3. The number of halogens is 2. The highest BCUT2D eigenvalue weighted by molar-refractivity contribution is 6.35. The zero-order chi connectivity index (χ0) is 19.8. The van der Waals surface area contributed by atoms with E-state index in [9.17, 15) is 14.4 Å². The Bertz CT molecular complexity index is 927. The van der Waals surface area contributed by atoms with Gasteiger partial charge in [-0.25, -0.2) is 4.79 Å². The van der Waals surface area contributed by atoms with Crippen LogP contribution < -0.4 is 5.32 Å². The summed E-state index contributed by atoms with van der Waals surface area (Å²) in [4.78, 5) is 38.8. The monoisotopic (exact) mass is 404 g/mol. The average molecular weight is 405 g/mol. The first-order valence-corrected chi connectivity index (χ1v) is 9.23. The van der Waals surface area contributed by atoms with Gasteiger partial charge in [0.25, 0.3) is 5.91 Å². The lowest BCUT2D eigenvalue weighted by molar-refractivity contribution is -0.130. The molecule has 7 heteroatoms. The molecule has 5 nitrogen and oxygen atoms in total. The summed E-state index contributed by atoms with van der Waals surface area (Å²) in [6.07, 6.45) is 0.863. The highest BCUT2D eigenvalue weighted by atomic mass is 35.5. The summed E-state index contributed by atoms with van der Waals surface area (Å²) >= 11 is 12.1. The Morgan fingerprint density at radius 3 is 2.37 bits per heavy atom. The predicted molar refractivity (Wildman–Crippen MR) is 104 cm³/mol. The second-order valence-corrected chi connectivity index (χ2v) is 7.39. The molecule has 0 aliphatic carbocycles. The summed E-state index contributed by atoms with van der Waals surface area (Å²) in [5, 5.41) is 3.33. The van der Waals surface area contributed by atoms with E-state index in [-0.39, 0.29) is 17.4 Å². The SMILES string of the molecule is CCc1ccc(C(=O)CN2C(=O)NC(C)(c3ccc(Cl)cc3Cl)C2=O)cc1. The first-order chi connectivity index (χ1) is 12.8. The number of hydrogen-bond donors (Lipinski definition) is 1. The number of hydrogen-bond acceptors (Lipinski definition) is 3. The fraction of sp³-hybridized carbons (Fsp3) is 0.250. The van der Waals surface area contributed by atoms with Crippen LogP contribution in [0.5, 0.6) is 0 Å². The molecule has 2 aromatic carbocycles. The van der Waals surface area contributed by atoms with E-state index in [0.29, 0.717) is 16.1 Å². The van der Waals surface area contributed by atoms with Gasteiger partial charge in [-0.05, 0) is 31.0 Å². The minimum atomic E-state index is -1.36. The van der Waals surface area contributed by atoms with Crippen LogP contribution in [0.2, 0.25) is 10.0 Å². The van der Waals surface area contributed by atoms with Crippen LogP contribution in [0.1, 0.15) is 35.3 Å². The van der Waals surface area contributed by atoms with Crippen molar-refractivity contribution < 1.29 is 14.4 Å². The molecule has 0 saturated carbocycles. The average Bonchev–Trinajstić information content (AvgIpc) is 2.85. The normalized spacial score (nSPS) is 19.3. The Labute approximate surface area is 167 Å². The van der Waals surface area contributed by atoms with E-state index in [1.54, 1.807) is 31.2 Å². The summed E-state index contributed by atoms with van der Waals surface area (Å²) in [6, 6.07) is 11.2. The third-order valence-corrected chi connectivity index (χ3v) is 5.28. The highest BCUT2D eigenvalue weighted by Gasteiger charge is 2.50. The maximum Gasteiger partial charge on any atom is 0.325 e. The van der Waals surface area contributed by atoms with Crippen LogP contribution in [0.25, 0.3) is 0 Å². The highest BCUT2D eigenvalue weighted by Crippen LogP contribution is 2.35. The van der Waals surface area contributed by atoms with Crippen molar-refractivity contribution in [3.05, 3.63) is 69.2 Å². The molecule has 1 aliphatic heterocycles. The number of aryl methyl sites for hydroxylation is 1. The maximum atomic E-state index is 12.9. The predicted octanol–water partition coefficient (Wildman–Crippen LogP) is 4.21. The van der Waals surface area contributed by atoms with Crippen molar-refractivity contribution in [2.24, 2.45) is 0 Å². The molecule has 0 bridgehead atoms. The van der Waals surface area contributed by atoms with Crippen molar-refractivity contribution in [1.82, 2.24) is 10.2 Å². The number of amides is 3. The molecule has 3 rings (SSSR count). The Hall–Kier alpha value is -2.37. The molecule has 1 unspecified atom stereocenters. The molecule has 3 amide bonds. The molecule has 0 spiro atoms. The minimum absolute atomic E-state index is 0.266. The Kier molecular flexibility index (Phi) is 5.27. The molecule has 0 aromatic heterocycles. The van der Waals surface area contributed by atoms with Gasteiger partial charge in [-0.1, -0.05) is 60.5 Å². The zero-order valence-corrected chi connectivity index (χ0v) is 16.4. The lowest BCUT2D eigenvalue weighted by Gasteiger charge is -2.23. The third-order valence-electron chi connectivity index (χ3n) is 4.73. The van der Waals surface area contributed by atoms with Gasteiger partial charge in [0, 0.05) is 21.2 Å². The third kappa shape index (κ3) is 3.57. The molecule has 0 radical (unpaired) electrons. The standard InChI is InChI=1S/C20H18Cl2N2O3/c1-3-12-4-6-13(7-5-12)17(25)11-24-18(26)20(2,23-19(24)27)15-9-8-14(21)10-16(15)22/h4-10H,3,11H2,1-2H3,(H,23,27). The van der Waals surface area contributed by atoms with Crippen LogP contribution in [0.3, 0.4) is 0 Å². The van der Waals surface area contributed by atoms with Gasteiger partial charge in [0.05, 0.1) is 6.54 Å². The number of ketones is 1. The molecule has 1 atom stereocenters. The molecule has 27 heavy (non-hydrogen) atoms. The van der Waals surface area contributed by atoms with E-state index in [1.807, 2.05) is 19.1 Å².